The van der Waals surface area contributed by atoms with Gasteiger partial charge >= 0.3 is 12.1 Å². The molecule has 0 aromatic carbocycles. The lowest BCUT2D eigenvalue weighted by molar-refractivity contribution is -0.131. The Morgan fingerprint density at radius 2 is 0.449 bits per heavy atom. The molecule has 0 aliphatic carbocycles. The highest BCUT2D eigenvalue weighted by molar-refractivity contribution is 5.84. The second-order valence-corrected chi connectivity index (χ2v) is 30.3. The minimum absolute atomic E-state index is 0.00404. The highest BCUT2D eigenvalue weighted by Crippen LogP contribution is 2.16. The molecular weight excluding hydrogens is 1320 g/mol. The fraction of sp³-hybridized carbons (Fsp3) is 0.785. The predicted octanol–water partition coefficient (Wildman–Crippen LogP) is 23.0. The summed E-state index contributed by atoms with van der Waals surface area (Å²) < 4.78 is 0. The van der Waals surface area contributed by atoms with E-state index in [1.165, 1.54) is 205 Å². The number of rotatable bonds is 82. The maximum Gasteiger partial charge on any atom is 0.315 e. The minimum Gasteiger partial charge on any atom is -0.341 e. The van der Waals surface area contributed by atoms with Gasteiger partial charge in [-0.25, -0.2) is 9.59 Å². The molecule has 14 nitrogen and oxygen atoms in total. The molecule has 8 N–H and O–H groups in total. The molecule has 14 heteroatoms. The van der Waals surface area contributed by atoms with Crippen molar-refractivity contribution >= 4 is 23.9 Å². The van der Waals surface area contributed by atoms with E-state index in [4.69, 9.17) is 11.5 Å². The number of unbranched alkanes of at least 4 members (excludes halogenated alkanes) is 36. The van der Waals surface area contributed by atoms with E-state index >= 15 is 0 Å². The smallest absolute Gasteiger partial charge is 0.315 e. The first-order chi connectivity index (χ1) is 52.8. The van der Waals surface area contributed by atoms with Crippen molar-refractivity contribution in [3.05, 3.63) is 97.2 Å². The molecular formula is C93H174N10O4. The Morgan fingerprint density at radius 3 is 0.692 bits per heavy atom. The molecule has 0 fully saturated rings. The van der Waals surface area contributed by atoms with Gasteiger partial charge in [-0.3, -0.25) is 9.59 Å². The van der Waals surface area contributed by atoms with E-state index in [9.17, 15) is 19.2 Å². The lowest BCUT2D eigenvalue weighted by Gasteiger charge is -2.26. The topological polar surface area (TPSA) is 181 Å². The van der Waals surface area contributed by atoms with Crippen molar-refractivity contribution in [2.45, 2.75) is 368 Å². The van der Waals surface area contributed by atoms with E-state index < -0.39 is 0 Å². The molecule has 0 aliphatic heterocycles. The molecule has 0 radical (unpaired) electrons. The van der Waals surface area contributed by atoms with Crippen LogP contribution in [-0.4, -0.2) is 148 Å². The summed E-state index contributed by atoms with van der Waals surface area (Å²) in [5.74, 6) is -0.00808. The van der Waals surface area contributed by atoms with Gasteiger partial charge in [0.05, 0.1) is 13.1 Å². The lowest BCUT2D eigenvalue weighted by atomic mass is 10.1. The van der Waals surface area contributed by atoms with Crippen molar-refractivity contribution in [1.29, 1.82) is 0 Å². The van der Waals surface area contributed by atoms with Crippen LogP contribution in [0.1, 0.15) is 368 Å². The fourth-order valence-electron chi connectivity index (χ4n) is 13.4. The van der Waals surface area contributed by atoms with Gasteiger partial charge < -0.3 is 52.3 Å². The molecule has 0 saturated carbocycles. The number of hydrogen-bond donors (Lipinski definition) is 6. The highest BCUT2D eigenvalue weighted by Gasteiger charge is 2.17. The zero-order valence-electron chi connectivity index (χ0n) is 70.6. The van der Waals surface area contributed by atoms with Gasteiger partial charge in [0, 0.05) is 39.3 Å². The summed E-state index contributed by atoms with van der Waals surface area (Å²) in [7, 11) is 0. The number of allylic oxidation sites excluding steroid dienone is 16. The van der Waals surface area contributed by atoms with Gasteiger partial charge in [-0.15, -0.1) is 0 Å². The number of nitrogens with zero attached hydrogens (tertiary/aromatic N) is 4. The van der Waals surface area contributed by atoms with Crippen molar-refractivity contribution in [3.8, 4) is 0 Å². The Labute approximate surface area is 661 Å². The second-order valence-electron chi connectivity index (χ2n) is 30.3. The maximum atomic E-state index is 13.8. The largest absolute Gasteiger partial charge is 0.341 e. The Hall–Kier alpha value is -4.76. The highest BCUT2D eigenvalue weighted by atomic mass is 16.2. The van der Waals surface area contributed by atoms with Crippen molar-refractivity contribution in [2.75, 3.05) is 105 Å². The zero-order valence-corrected chi connectivity index (χ0v) is 70.6. The molecule has 620 valence electrons. The molecule has 0 aromatic heterocycles. The van der Waals surface area contributed by atoms with E-state index in [2.05, 4.69) is 156 Å². The summed E-state index contributed by atoms with van der Waals surface area (Å²) >= 11 is 0. The maximum absolute atomic E-state index is 13.8. The Kier molecular flexibility index (Phi) is 83.0. The number of nitrogens with two attached hydrogens (primary N) is 2. The SMILES string of the molecule is CCCCC/C=C\C/C=C\CCCCCCCCN(CCCCCCCC/C=C\C/C=C\CCCCC)C(=O)CNC(=O)NCCCN(CCCNC(=O)NCC(=O)N(CCCCCCCC/C=C\C/C=C\CCCCC)CCCCCCCC/C=C\C/C=C\CCCCC)CCCN(CCCN)CCCN. The molecule has 0 saturated heterocycles. The number of hydrogen-bond acceptors (Lipinski definition) is 8. The van der Waals surface area contributed by atoms with E-state index in [0.717, 1.165) is 200 Å². The molecule has 0 heterocycles. The van der Waals surface area contributed by atoms with E-state index in [0.29, 0.717) is 26.2 Å². The Morgan fingerprint density at radius 1 is 0.234 bits per heavy atom. The number of carbonyl (C=O) groups excluding carboxylic acids is 4. The first-order valence-corrected chi connectivity index (χ1v) is 45.4. The first kappa shape index (κ1) is 102. The average molecular weight is 1500 g/mol. The molecule has 0 atom stereocenters. The van der Waals surface area contributed by atoms with Crippen LogP contribution in [0.15, 0.2) is 97.2 Å². The van der Waals surface area contributed by atoms with Crippen molar-refractivity contribution in [3.63, 3.8) is 0 Å². The third kappa shape index (κ3) is 77.8. The molecule has 0 aliphatic rings. The lowest BCUT2D eigenvalue weighted by Crippen LogP contribution is -2.45. The van der Waals surface area contributed by atoms with Crippen molar-refractivity contribution < 1.29 is 19.2 Å². The van der Waals surface area contributed by atoms with Gasteiger partial charge in [0.25, 0.3) is 0 Å². The van der Waals surface area contributed by atoms with Gasteiger partial charge in [0.1, 0.15) is 0 Å². The van der Waals surface area contributed by atoms with Crippen LogP contribution in [0.3, 0.4) is 0 Å². The minimum atomic E-state index is -0.312. The van der Waals surface area contributed by atoms with Gasteiger partial charge in [0.15, 0.2) is 0 Å². The van der Waals surface area contributed by atoms with Gasteiger partial charge in [0.2, 0.25) is 11.8 Å². The van der Waals surface area contributed by atoms with E-state index in [1.54, 1.807) is 0 Å². The van der Waals surface area contributed by atoms with Gasteiger partial charge in [-0.2, -0.15) is 0 Å². The van der Waals surface area contributed by atoms with Crippen LogP contribution >= 0.6 is 0 Å². The fourth-order valence-corrected chi connectivity index (χ4v) is 13.4. The first-order valence-electron chi connectivity index (χ1n) is 45.4. The molecule has 0 aromatic rings. The number of nitrogens with one attached hydrogen (secondary N) is 4. The van der Waals surface area contributed by atoms with E-state index in [1.807, 2.05) is 9.80 Å². The molecule has 107 heavy (non-hydrogen) atoms. The van der Waals surface area contributed by atoms with Crippen LogP contribution in [0.25, 0.3) is 0 Å². The average Bonchev–Trinajstić information content (AvgIpc) is 0.964. The molecule has 0 spiro atoms. The summed E-state index contributed by atoms with van der Waals surface area (Å²) in [4.78, 5) is 63.1. The molecule has 6 amide bonds. The molecule has 0 unspecified atom stereocenters. The predicted molar refractivity (Wildman–Crippen MR) is 467 cm³/mol. The van der Waals surface area contributed by atoms with Crippen LogP contribution in [0.4, 0.5) is 9.59 Å². The van der Waals surface area contributed by atoms with E-state index in [-0.39, 0.29) is 37.0 Å². The van der Waals surface area contributed by atoms with Crippen LogP contribution in [-0.2, 0) is 9.59 Å². The summed E-state index contributed by atoms with van der Waals surface area (Å²) in [5, 5.41) is 11.9. The molecule has 0 rings (SSSR count). The van der Waals surface area contributed by atoms with Crippen molar-refractivity contribution in [1.82, 2.24) is 40.9 Å². The van der Waals surface area contributed by atoms with Gasteiger partial charge in [-0.1, -0.05) is 279 Å². The third-order valence-electron chi connectivity index (χ3n) is 20.2. The van der Waals surface area contributed by atoms with Crippen LogP contribution in [0.2, 0.25) is 0 Å². The second kappa shape index (κ2) is 86.8. The number of carbonyl (C=O) groups is 4. The number of urea groups is 2. The monoisotopic (exact) mass is 1500 g/mol. The van der Waals surface area contributed by atoms with Crippen molar-refractivity contribution in [2.24, 2.45) is 11.5 Å². The summed E-state index contributed by atoms with van der Waals surface area (Å²) in [5.41, 5.74) is 11.8. The Balaban J connectivity index is 5.46. The van der Waals surface area contributed by atoms with Crippen LogP contribution in [0.5, 0.6) is 0 Å². The van der Waals surface area contributed by atoms with Crippen LogP contribution < -0.4 is 32.7 Å². The third-order valence-corrected chi connectivity index (χ3v) is 20.2. The summed E-state index contributed by atoms with van der Waals surface area (Å²) in [6.45, 7) is 19.5. The normalized spacial score (nSPS) is 12.2. The standard InChI is InChI=1S/C93H174N10O4/c1-5-9-13-17-21-25-29-33-37-41-45-49-53-57-61-65-84-102(85-66-62-58-54-50-46-42-38-34-30-26-22-18-14-10-6-2)90(104)88-98-92(106)96-76-71-80-101(83-73-82-100(78-69-74-94)79-70-75-95)81-72-77-97-93(107)99-89-91(105)103(86-67-63-59-55-51-47-43-39-35-31-27-23-19-15-11-7-3)87-68-64-60-56-52-48-44-40-36-32-28-24-20-16-12-8-4/h21-28,33-40H,5-20,29-32,41-89,94-95H2,1-4H3,(H2,96,98,106)(H2,97,99,107)/b25-21-,26-22-,27-23-,28-24-,37-33-,38-34-,39-35-,40-36-. The zero-order chi connectivity index (χ0) is 77.6. The van der Waals surface area contributed by atoms with Crippen LogP contribution in [0, 0.1) is 0 Å². The number of amides is 6. The summed E-state index contributed by atoms with van der Waals surface area (Å²) in [6, 6.07) is -0.623. The quantitative estimate of drug-likeness (QED) is 0.0257. The summed E-state index contributed by atoms with van der Waals surface area (Å²) in [6.07, 6.45) is 98.5. The molecule has 0 bridgehead atoms. The Bertz CT molecular complexity index is 1940. The van der Waals surface area contributed by atoms with Gasteiger partial charge in [-0.05, 0) is 239 Å².